The Morgan fingerprint density at radius 1 is 1.24 bits per heavy atom. The number of thiazole rings is 1. The van der Waals surface area contributed by atoms with Gasteiger partial charge in [-0.25, -0.2) is 13.4 Å². The molecule has 1 aromatic heterocycles. The monoisotopic (exact) mass is 438 g/mol. The summed E-state index contributed by atoms with van der Waals surface area (Å²) in [6.45, 7) is 2.04. The second kappa shape index (κ2) is 8.17. The van der Waals surface area contributed by atoms with Crippen molar-refractivity contribution in [1.29, 1.82) is 0 Å². The lowest BCUT2D eigenvalue weighted by molar-refractivity contribution is -0.110. The maximum atomic E-state index is 13.2. The number of anilines is 1. The summed E-state index contributed by atoms with van der Waals surface area (Å²) in [5.74, 6) is -0.552. The minimum Gasteiger partial charge on any atom is -0.378 e. The standard InChI is InChI=1S/C18H19FN4O4S2/c19-15-11-20-18(28-15)21-17(24)16(22-23-7-9-27-10-8-23)12-1-3-13(4-2-12)29(25,26)14-5-6-14/h1-4,11,14H,5-10H2,(H,20,21,24). The zero-order valence-corrected chi connectivity index (χ0v) is 17.0. The van der Waals surface area contributed by atoms with E-state index in [9.17, 15) is 17.6 Å². The molecule has 29 heavy (non-hydrogen) atoms. The number of carbonyl (C=O) groups excluding carboxylic acids is 1. The van der Waals surface area contributed by atoms with Gasteiger partial charge in [-0.1, -0.05) is 23.5 Å². The molecule has 1 aliphatic heterocycles. The van der Waals surface area contributed by atoms with Crippen LogP contribution >= 0.6 is 11.3 Å². The molecule has 1 saturated carbocycles. The fourth-order valence-electron chi connectivity index (χ4n) is 2.87. The number of hydrazone groups is 1. The third kappa shape index (κ3) is 4.62. The lowest BCUT2D eigenvalue weighted by Gasteiger charge is -2.24. The molecule has 1 amide bonds. The van der Waals surface area contributed by atoms with Crippen molar-refractivity contribution in [3.05, 3.63) is 41.2 Å². The van der Waals surface area contributed by atoms with Gasteiger partial charge in [0.1, 0.15) is 0 Å². The number of hydrogen-bond donors (Lipinski definition) is 1. The van der Waals surface area contributed by atoms with Gasteiger partial charge in [-0.2, -0.15) is 9.49 Å². The Bertz CT molecular complexity index is 1030. The molecular formula is C18H19FN4O4S2. The van der Waals surface area contributed by atoms with Gasteiger partial charge >= 0.3 is 0 Å². The maximum absolute atomic E-state index is 13.2. The van der Waals surface area contributed by atoms with E-state index in [2.05, 4.69) is 15.4 Å². The number of halogens is 1. The first-order valence-electron chi connectivity index (χ1n) is 9.12. The van der Waals surface area contributed by atoms with Gasteiger partial charge in [-0.3, -0.25) is 15.1 Å². The molecule has 0 spiro atoms. The number of rotatable bonds is 6. The highest BCUT2D eigenvalue weighted by Crippen LogP contribution is 2.33. The van der Waals surface area contributed by atoms with Gasteiger partial charge in [0, 0.05) is 5.56 Å². The van der Waals surface area contributed by atoms with E-state index in [4.69, 9.17) is 4.74 Å². The molecule has 11 heteroatoms. The Balaban J connectivity index is 1.62. The Kier molecular flexibility index (Phi) is 5.61. The predicted octanol–water partition coefficient (Wildman–Crippen LogP) is 1.89. The highest BCUT2D eigenvalue weighted by molar-refractivity contribution is 7.92. The molecule has 2 aromatic rings. The summed E-state index contributed by atoms with van der Waals surface area (Å²) in [4.78, 5) is 16.9. The van der Waals surface area contributed by atoms with E-state index in [1.165, 1.54) is 12.1 Å². The molecule has 1 aliphatic carbocycles. The molecule has 0 bridgehead atoms. The average Bonchev–Trinajstić information content (AvgIpc) is 3.51. The molecule has 1 saturated heterocycles. The largest absolute Gasteiger partial charge is 0.378 e. The quantitative estimate of drug-likeness (QED) is 0.692. The van der Waals surface area contributed by atoms with E-state index in [-0.39, 0.29) is 21.0 Å². The average molecular weight is 439 g/mol. The SMILES string of the molecule is O=C(Nc1ncc(F)s1)C(=NN1CCOCC1)c1ccc(S(=O)(=O)C2CC2)cc1. The number of amides is 1. The van der Waals surface area contributed by atoms with Crippen molar-refractivity contribution in [2.75, 3.05) is 31.6 Å². The molecule has 2 heterocycles. The van der Waals surface area contributed by atoms with Crippen molar-refractivity contribution in [3.63, 3.8) is 0 Å². The molecule has 8 nitrogen and oxygen atoms in total. The van der Waals surface area contributed by atoms with Crippen LogP contribution in [0.4, 0.5) is 9.52 Å². The number of aromatic nitrogens is 1. The van der Waals surface area contributed by atoms with Gasteiger partial charge in [0.05, 0.1) is 42.6 Å². The van der Waals surface area contributed by atoms with Gasteiger partial charge in [-0.05, 0) is 25.0 Å². The van der Waals surface area contributed by atoms with E-state index in [1.807, 2.05) is 0 Å². The Labute approximate surface area is 171 Å². The zero-order valence-electron chi connectivity index (χ0n) is 15.4. The molecule has 1 aromatic carbocycles. The van der Waals surface area contributed by atoms with Crippen LogP contribution in [0, 0.1) is 5.13 Å². The van der Waals surface area contributed by atoms with Crippen LogP contribution in [0.25, 0.3) is 0 Å². The number of ether oxygens (including phenoxy) is 1. The summed E-state index contributed by atoms with van der Waals surface area (Å²) in [6.07, 6.45) is 2.39. The number of carbonyl (C=O) groups is 1. The van der Waals surface area contributed by atoms with Gasteiger partial charge in [0.2, 0.25) is 0 Å². The first-order valence-corrected chi connectivity index (χ1v) is 11.5. The van der Waals surface area contributed by atoms with Crippen molar-refractivity contribution in [1.82, 2.24) is 9.99 Å². The van der Waals surface area contributed by atoms with Crippen molar-refractivity contribution in [2.45, 2.75) is 23.0 Å². The maximum Gasteiger partial charge on any atom is 0.278 e. The second-order valence-corrected chi connectivity index (χ2v) is 9.92. The van der Waals surface area contributed by atoms with Crippen LogP contribution < -0.4 is 5.32 Å². The molecule has 0 unspecified atom stereocenters. The second-order valence-electron chi connectivity index (χ2n) is 6.71. The van der Waals surface area contributed by atoms with Gasteiger partial charge in [-0.15, -0.1) is 0 Å². The molecule has 2 fully saturated rings. The van der Waals surface area contributed by atoms with E-state index in [1.54, 1.807) is 17.1 Å². The Hall–Kier alpha value is -2.37. The summed E-state index contributed by atoms with van der Waals surface area (Å²) < 4.78 is 43.3. The minimum absolute atomic E-state index is 0.0953. The lowest BCUT2D eigenvalue weighted by atomic mass is 10.1. The van der Waals surface area contributed by atoms with Gasteiger partial charge < -0.3 is 4.74 Å². The highest BCUT2D eigenvalue weighted by atomic mass is 32.2. The van der Waals surface area contributed by atoms with Gasteiger partial charge in [0.25, 0.3) is 5.91 Å². The lowest BCUT2D eigenvalue weighted by Crippen LogP contribution is -2.35. The third-order valence-corrected chi connectivity index (χ3v) is 7.54. The van der Waals surface area contributed by atoms with Crippen LogP contribution in [0.3, 0.4) is 0 Å². The molecule has 0 radical (unpaired) electrons. The zero-order chi connectivity index (χ0) is 20.4. The smallest absolute Gasteiger partial charge is 0.278 e. The minimum atomic E-state index is -3.32. The summed E-state index contributed by atoms with van der Waals surface area (Å²) in [6, 6.07) is 6.12. The number of benzene rings is 1. The number of hydrogen-bond acceptors (Lipinski definition) is 8. The number of nitrogens with one attached hydrogen (secondary N) is 1. The van der Waals surface area contributed by atoms with Crippen LogP contribution in [0.5, 0.6) is 0 Å². The van der Waals surface area contributed by atoms with Crippen LogP contribution in [-0.2, 0) is 19.4 Å². The summed E-state index contributed by atoms with van der Waals surface area (Å²) >= 11 is 0.713. The molecule has 4 rings (SSSR count). The fraction of sp³-hybridized carbons (Fsp3) is 0.389. The molecule has 1 N–H and O–H groups in total. The first kappa shape index (κ1) is 19.9. The van der Waals surface area contributed by atoms with Crippen molar-refractivity contribution in [3.8, 4) is 0 Å². The first-order chi connectivity index (χ1) is 13.9. The summed E-state index contributed by atoms with van der Waals surface area (Å²) in [5, 5.41) is 8.00. The molecule has 154 valence electrons. The van der Waals surface area contributed by atoms with Crippen molar-refractivity contribution in [2.24, 2.45) is 5.10 Å². The molecular weight excluding hydrogens is 419 g/mol. The topological polar surface area (TPSA) is 101 Å². The number of nitrogens with zero attached hydrogens (tertiary/aromatic N) is 3. The van der Waals surface area contributed by atoms with Crippen LogP contribution in [0.2, 0.25) is 0 Å². The van der Waals surface area contributed by atoms with Crippen molar-refractivity contribution >= 4 is 37.9 Å². The highest BCUT2D eigenvalue weighted by Gasteiger charge is 2.36. The Morgan fingerprint density at radius 3 is 2.52 bits per heavy atom. The van der Waals surface area contributed by atoms with E-state index >= 15 is 0 Å². The third-order valence-electron chi connectivity index (χ3n) is 4.56. The summed E-state index contributed by atoms with van der Waals surface area (Å²) in [7, 11) is -3.32. The van der Waals surface area contributed by atoms with Crippen LogP contribution in [0.15, 0.2) is 40.5 Å². The van der Waals surface area contributed by atoms with E-state index in [0.29, 0.717) is 56.0 Å². The van der Waals surface area contributed by atoms with Crippen LogP contribution in [0.1, 0.15) is 18.4 Å². The fourth-order valence-corrected chi connectivity index (χ4v) is 5.07. The van der Waals surface area contributed by atoms with Crippen molar-refractivity contribution < 1.29 is 22.3 Å². The molecule has 2 aliphatic rings. The van der Waals surface area contributed by atoms with E-state index in [0.717, 1.165) is 6.20 Å². The predicted molar refractivity (Wildman–Crippen MR) is 106 cm³/mol. The van der Waals surface area contributed by atoms with Crippen LogP contribution in [-0.4, -0.2) is 61.6 Å². The van der Waals surface area contributed by atoms with Gasteiger partial charge in [0.15, 0.2) is 25.8 Å². The number of sulfone groups is 1. The Morgan fingerprint density at radius 2 is 1.93 bits per heavy atom. The molecule has 0 atom stereocenters. The van der Waals surface area contributed by atoms with E-state index < -0.39 is 20.9 Å². The summed E-state index contributed by atoms with van der Waals surface area (Å²) in [5.41, 5.74) is 0.554. The normalized spacial score (nSPS) is 18.0. The number of morpholine rings is 1.